The molecule has 0 saturated heterocycles. The van der Waals surface area contributed by atoms with E-state index in [2.05, 4.69) is 6.58 Å². The summed E-state index contributed by atoms with van der Waals surface area (Å²) in [5.74, 6) is -0.266. The molecule has 0 amide bonds. The van der Waals surface area contributed by atoms with Crippen molar-refractivity contribution in [2.75, 3.05) is 6.61 Å². The van der Waals surface area contributed by atoms with Gasteiger partial charge in [-0.05, 0) is 25.3 Å². The summed E-state index contributed by atoms with van der Waals surface area (Å²) in [5.41, 5.74) is 1.14. The van der Waals surface area contributed by atoms with E-state index in [4.69, 9.17) is 4.74 Å². The molecule has 1 aromatic rings. The largest absolute Gasteiger partial charge is 0.466 e. The lowest BCUT2D eigenvalue weighted by atomic mass is 10.0. The number of allylic oxidation sites excluding steroid dienone is 2. The predicted molar refractivity (Wildman–Crippen MR) is 75.0 cm³/mol. The highest BCUT2D eigenvalue weighted by Gasteiger charge is 2.16. The molecule has 0 unspecified atom stereocenters. The normalized spacial score (nSPS) is 12.3. The molecule has 96 valence electrons. The fourth-order valence-corrected chi connectivity index (χ4v) is 1.68. The Morgan fingerprint density at radius 3 is 2.67 bits per heavy atom. The Hall–Kier alpha value is -1.83. The molecule has 0 aliphatic heterocycles. The minimum atomic E-state index is -0.143. The van der Waals surface area contributed by atoms with Crippen LogP contribution in [0.15, 0.2) is 49.1 Å². The van der Waals surface area contributed by atoms with Crippen LogP contribution in [0.4, 0.5) is 0 Å². The maximum absolute atomic E-state index is 11.7. The van der Waals surface area contributed by atoms with Crippen LogP contribution in [-0.4, -0.2) is 12.6 Å². The Kier molecular flexibility index (Phi) is 6.55. The van der Waals surface area contributed by atoms with Crippen molar-refractivity contribution in [1.29, 1.82) is 0 Å². The number of rotatable bonds is 7. The summed E-state index contributed by atoms with van der Waals surface area (Å²) in [7, 11) is 0. The van der Waals surface area contributed by atoms with E-state index in [0.717, 1.165) is 5.56 Å². The van der Waals surface area contributed by atoms with Gasteiger partial charge in [-0.2, -0.15) is 0 Å². The van der Waals surface area contributed by atoms with Gasteiger partial charge in [-0.1, -0.05) is 48.6 Å². The number of carbonyl (C=O) groups excluding carboxylic acids is 1. The van der Waals surface area contributed by atoms with Crippen molar-refractivity contribution in [3.63, 3.8) is 0 Å². The van der Waals surface area contributed by atoms with Crippen molar-refractivity contribution in [2.24, 2.45) is 5.92 Å². The lowest BCUT2D eigenvalue weighted by molar-refractivity contribution is -0.147. The molecule has 0 radical (unpaired) electrons. The lowest BCUT2D eigenvalue weighted by Gasteiger charge is -2.11. The molecule has 1 atom stereocenters. The Balaban J connectivity index is 2.54. The van der Waals surface area contributed by atoms with E-state index < -0.39 is 0 Å². The Bertz CT molecular complexity index is 393. The second-order valence-corrected chi connectivity index (χ2v) is 4.02. The van der Waals surface area contributed by atoms with Gasteiger partial charge in [0.2, 0.25) is 0 Å². The molecule has 0 fully saturated rings. The molecule has 1 rings (SSSR count). The van der Waals surface area contributed by atoms with Crippen LogP contribution in [0.25, 0.3) is 6.08 Å². The molecule has 0 saturated carbocycles. The van der Waals surface area contributed by atoms with Crippen LogP contribution in [-0.2, 0) is 9.53 Å². The third kappa shape index (κ3) is 5.00. The Morgan fingerprint density at radius 1 is 1.33 bits per heavy atom. The van der Waals surface area contributed by atoms with Crippen LogP contribution in [0, 0.1) is 5.92 Å². The van der Waals surface area contributed by atoms with Gasteiger partial charge in [-0.15, -0.1) is 6.58 Å². The monoisotopic (exact) mass is 244 g/mol. The summed E-state index contributed by atoms with van der Waals surface area (Å²) in [5, 5.41) is 0. The van der Waals surface area contributed by atoms with Crippen molar-refractivity contribution in [1.82, 2.24) is 0 Å². The molecule has 0 bridgehead atoms. The first-order valence-electron chi connectivity index (χ1n) is 6.27. The minimum Gasteiger partial charge on any atom is -0.466 e. The molecule has 0 heterocycles. The predicted octanol–water partition coefficient (Wildman–Crippen LogP) is 3.85. The maximum atomic E-state index is 11.7. The molecular weight excluding hydrogens is 224 g/mol. The maximum Gasteiger partial charge on any atom is 0.309 e. The third-order valence-electron chi connectivity index (χ3n) is 2.60. The first-order valence-corrected chi connectivity index (χ1v) is 6.27. The third-order valence-corrected chi connectivity index (χ3v) is 2.60. The standard InChI is InChI=1S/C16H20O2/c1-3-9-15(16(17)18-4-2)13-8-12-14-10-6-5-7-11-14/h3,5-8,10-12,15H,1,4,9,13H2,2H3/b12-8+/t15-/m0/s1. The number of ether oxygens (including phenoxy) is 1. The highest BCUT2D eigenvalue weighted by atomic mass is 16.5. The van der Waals surface area contributed by atoms with E-state index in [0.29, 0.717) is 19.4 Å². The second kappa shape index (κ2) is 8.29. The summed E-state index contributed by atoms with van der Waals surface area (Å²) in [4.78, 5) is 11.7. The fraction of sp³-hybridized carbons (Fsp3) is 0.312. The lowest BCUT2D eigenvalue weighted by Crippen LogP contribution is -2.16. The van der Waals surface area contributed by atoms with Crippen LogP contribution < -0.4 is 0 Å². The molecule has 18 heavy (non-hydrogen) atoms. The van der Waals surface area contributed by atoms with Crippen molar-refractivity contribution in [3.8, 4) is 0 Å². The summed E-state index contributed by atoms with van der Waals surface area (Å²) < 4.78 is 5.04. The Morgan fingerprint density at radius 2 is 2.06 bits per heavy atom. The van der Waals surface area contributed by atoms with Gasteiger partial charge < -0.3 is 4.74 Å². The molecule has 2 heteroatoms. The SMILES string of the molecule is C=CC[C@@H](C/C=C/c1ccccc1)C(=O)OCC. The molecule has 0 aromatic heterocycles. The highest BCUT2D eigenvalue weighted by Crippen LogP contribution is 2.14. The van der Waals surface area contributed by atoms with Gasteiger partial charge in [0.15, 0.2) is 0 Å². The first-order chi connectivity index (χ1) is 8.77. The minimum absolute atomic E-state index is 0.123. The van der Waals surface area contributed by atoms with Crippen LogP contribution >= 0.6 is 0 Å². The molecule has 2 nitrogen and oxygen atoms in total. The number of esters is 1. The number of hydrogen-bond donors (Lipinski definition) is 0. The molecule has 1 aromatic carbocycles. The number of carbonyl (C=O) groups is 1. The van der Waals surface area contributed by atoms with Gasteiger partial charge in [-0.25, -0.2) is 0 Å². The van der Waals surface area contributed by atoms with E-state index >= 15 is 0 Å². The van der Waals surface area contributed by atoms with Crippen LogP contribution in [0.2, 0.25) is 0 Å². The van der Waals surface area contributed by atoms with Gasteiger partial charge in [0.05, 0.1) is 12.5 Å². The van der Waals surface area contributed by atoms with E-state index in [1.165, 1.54) is 0 Å². The van der Waals surface area contributed by atoms with Crippen LogP contribution in [0.3, 0.4) is 0 Å². The topological polar surface area (TPSA) is 26.3 Å². The molecule has 0 aliphatic carbocycles. The zero-order chi connectivity index (χ0) is 13.2. The zero-order valence-electron chi connectivity index (χ0n) is 10.8. The summed E-state index contributed by atoms with van der Waals surface area (Å²) in [6, 6.07) is 10.0. The second-order valence-electron chi connectivity index (χ2n) is 4.02. The van der Waals surface area contributed by atoms with Crippen molar-refractivity contribution < 1.29 is 9.53 Å². The first kappa shape index (κ1) is 14.2. The van der Waals surface area contributed by atoms with Crippen LogP contribution in [0.1, 0.15) is 25.3 Å². The van der Waals surface area contributed by atoms with Crippen molar-refractivity contribution in [3.05, 3.63) is 54.6 Å². The molecule has 0 aliphatic rings. The van der Waals surface area contributed by atoms with E-state index in [1.807, 2.05) is 49.4 Å². The average Bonchev–Trinajstić information content (AvgIpc) is 2.39. The molecular formula is C16H20O2. The summed E-state index contributed by atoms with van der Waals surface area (Å²) in [6.45, 7) is 5.92. The Labute approximate surface area is 109 Å². The molecule has 0 spiro atoms. The van der Waals surface area contributed by atoms with Gasteiger partial charge in [0.1, 0.15) is 0 Å². The van der Waals surface area contributed by atoms with Gasteiger partial charge in [0, 0.05) is 0 Å². The van der Waals surface area contributed by atoms with Crippen LogP contribution in [0.5, 0.6) is 0 Å². The van der Waals surface area contributed by atoms with E-state index in [-0.39, 0.29) is 11.9 Å². The van der Waals surface area contributed by atoms with Gasteiger partial charge >= 0.3 is 5.97 Å². The van der Waals surface area contributed by atoms with Gasteiger partial charge in [0.25, 0.3) is 0 Å². The zero-order valence-corrected chi connectivity index (χ0v) is 10.8. The molecule has 0 N–H and O–H groups in total. The quantitative estimate of drug-likeness (QED) is 0.538. The van der Waals surface area contributed by atoms with Crippen molar-refractivity contribution in [2.45, 2.75) is 19.8 Å². The fourth-order valence-electron chi connectivity index (χ4n) is 1.68. The number of benzene rings is 1. The van der Waals surface area contributed by atoms with Gasteiger partial charge in [-0.3, -0.25) is 4.79 Å². The van der Waals surface area contributed by atoms with E-state index in [1.54, 1.807) is 6.08 Å². The van der Waals surface area contributed by atoms with E-state index in [9.17, 15) is 4.79 Å². The smallest absolute Gasteiger partial charge is 0.309 e. The highest BCUT2D eigenvalue weighted by molar-refractivity contribution is 5.73. The summed E-state index contributed by atoms with van der Waals surface area (Å²) >= 11 is 0. The summed E-state index contributed by atoms with van der Waals surface area (Å²) in [6.07, 6.45) is 7.13. The number of hydrogen-bond acceptors (Lipinski definition) is 2. The average molecular weight is 244 g/mol. The van der Waals surface area contributed by atoms with Crippen molar-refractivity contribution >= 4 is 12.0 Å².